The zero-order chi connectivity index (χ0) is 25.7. The van der Waals surface area contributed by atoms with E-state index in [1.54, 1.807) is 37.3 Å². The van der Waals surface area contributed by atoms with Gasteiger partial charge in [-0.1, -0.05) is 19.1 Å². The quantitative estimate of drug-likeness (QED) is 0.720. The van der Waals surface area contributed by atoms with Gasteiger partial charge in [-0.2, -0.15) is 0 Å². The van der Waals surface area contributed by atoms with Crippen LogP contribution in [0.2, 0.25) is 0 Å². The number of carbonyl (C=O) groups excluding carboxylic acids is 3. The molecule has 9 heteroatoms. The molecular weight excluding hydrogens is 453 g/mol. The topological polar surface area (TPSA) is 88.2 Å². The molecule has 8 nitrogen and oxygen atoms in total. The van der Waals surface area contributed by atoms with Crippen molar-refractivity contribution in [1.82, 2.24) is 9.80 Å². The van der Waals surface area contributed by atoms with Crippen LogP contribution in [-0.4, -0.2) is 73.5 Å². The fourth-order valence-electron chi connectivity index (χ4n) is 4.14. The van der Waals surface area contributed by atoms with Crippen molar-refractivity contribution in [3.05, 3.63) is 59.4 Å². The summed E-state index contributed by atoms with van der Waals surface area (Å²) in [5.41, 5.74) is 0.461. The van der Waals surface area contributed by atoms with Gasteiger partial charge in [-0.05, 0) is 37.3 Å². The summed E-state index contributed by atoms with van der Waals surface area (Å²) in [6.07, 6.45) is -0.300. The van der Waals surface area contributed by atoms with E-state index in [-0.39, 0.29) is 47.6 Å². The highest BCUT2D eigenvalue weighted by Gasteiger charge is 2.29. The number of methoxy groups -OCH3 is 1. The lowest BCUT2D eigenvalue weighted by Gasteiger charge is -2.35. The maximum Gasteiger partial charge on any atom is 0.258 e. The molecule has 1 heterocycles. The summed E-state index contributed by atoms with van der Waals surface area (Å²) in [5.74, 6) is -1.37. The number of rotatable bonds is 3. The molecule has 35 heavy (non-hydrogen) atoms. The minimum Gasteiger partial charge on any atom is -0.491 e. The van der Waals surface area contributed by atoms with E-state index in [1.807, 2.05) is 13.8 Å². The zero-order valence-electron chi connectivity index (χ0n) is 20.7. The highest BCUT2D eigenvalue weighted by molar-refractivity contribution is 6.05. The molecule has 188 valence electrons. The van der Waals surface area contributed by atoms with E-state index in [0.29, 0.717) is 24.5 Å². The van der Waals surface area contributed by atoms with Gasteiger partial charge in [-0.25, -0.2) is 4.39 Å². The molecule has 3 rings (SSSR count). The van der Waals surface area contributed by atoms with Gasteiger partial charge in [0.25, 0.3) is 11.8 Å². The molecule has 3 atom stereocenters. The molecule has 0 saturated heterocycles. The number of benzene rings is 2. The minimum absolute atomic E-state index is 0.0353. The number of halogens is 1. The second-order valence-corrected chi connectivity index (χ2v) is 8.91. The van der Waals surface area contributed by atoms with E-state index in [2.05, 4.69) is 5.32 Å². The number of fused-ring (bicyclic) bond motifs is 1. The maximum atomic E-state index is 14.0. The molecule has 0 radical (unpaired) electrons. The monoisotopic (exact) mass is 485 g/mol. The van der Waals surface area contributed by atoms with Crippen molar-refractivity contribution in [3.63, 3.8) is 0 Å². The normalized spacial score (nSPS) is 21.3. The summed E-state index contributed by atoms with van der Waals surface area (Å²) < 4.78 is 25.7. The largest absolute Gasteiger partial charge is 0.491 e. The number of carbonyl (C=O) groups is 3. The molecule has 0 bridgehead atoms. The lowest BCUT2D eigenvalue weighted by Crippen LogP contribution is -2.48. The Kier molecular flexibility index (Phi) is 8.45. The first-order chi connectivity index (χ1) is 16.6. The third-order valence-corrected chi connectivity index (χ3v) is 6.23. The van der Waals surface area contributed by atoms with Crippen LogP contribution >= 0.6 is 0 Å². The highest BCUT2D eigenvalue weighted by Crippen LogP contribution is 2.27. The fourth-order valence-corrected chi connectivity index (χ4v) is 4.14. The van der Waals surface area contributed by atoms with E-state index in [1.165, 1.54) is 36.1 Å². The molecule has 3 amide bonds. The van der Waals surface area contributed by atoms with Gasteiger partial charge in [0.2, 0.25) is 5.91 Å². The van der Waals surface area contributed by atoms with Gasteiger partial charge in [-0.3, -0.25) is 14.4 Å². The molecular formula is C26H32FN3O5. The third kappa shape index (κ3) is 6.16. The van der Waals surface area contributed by atoms with Gasteiger partial charge in [0.1, 0.15) is 18.2 Å². The molecule has 0 fully saturated rings. The van der Waals surface area contributed by atoms with Gasteiger partial charge in [0, 0.05) is 45.8 Å². The second kappa shape index (κ2) is 11.3. The SMILES string of the molecule is CO[C@@H]1CN(C)C(=O)c2cc(NC(=O)c3ccccc3F)ccc2OC[C@H](C)N(C(C)=O)C[C@H]1C. The molecule has 2 aromatic rings. The molecule has 0 saturated carbocycles. The predicted octanol–water partition coefficient (Wildman–Crippen LogP) is 3.43. The van der Waals surface area contributed by atoms with Crippen molar-refractivity contribution in [3.8, 4) is 5.75 Å². The first-order valence-electron chi connectivity index (χ1n) is 11.5. The third-order valence-electron chi connectivity index (χ3n) is 6.23. The molecule has 0 spiro atoms. The Morgan fingerprint density at radius 3 is 2.51 bits per heavy atom. The molecule has 2 aromatic carbocycles. The lowest BCUT2D eigenvalue weighted by molar-refractivity contribution is -0.133. The van der Waals surface area contributed by atoms with Crippen LogP contribution in [0, 0.1) is 11.7 Å². The van der Waals surface area contributed by atoms with Crippen LogP contribution in [0.5, 0.6) is 5.75 Å². The average Bonchev–Trinajstić information content (AvgIpc) is 2.83. The van der Waals surface area contributed by atoms with Gasteiger partial charge in [0.15, 0.2) is 0 Å². The lowest BCUT2D eigenvalue weighted by atomic mass is 10.0. The van der Waals surface area contributed by atoms with Crippen LogP contribution in [0.25, 0.3) is 0 Å². The number of nitrogens with zero attached hydrogens (tertiary/aromatic N) is 2. The Morgan fingerprint density at radius 2 is 1.86 bits per heavy atom. The molecule has 1 aliphatic heterocycles. The summed E-state index contributed by atoms with van der Waals surface area (Å²) in [4.78, 5) is 41.6. The smallest absolute Gasteiger partial charge is 0.258 e. The number of nitrogens with one attached hydrogen (secondary N) is 1. The number of likely N-dealkylation sites (N-methyl/N-ethyl adjacent to an activating group) is 1. The zero-order valence-corrected chi connectivity index (χ0v) is 20.7. The summed E-state index contributed by atoms with van der Waals surface area (Å²) in [6.45, 7) is 6.32. The van der Waals surface area contributed by atoms with Crippen molar-refractivity contribution in [1.29, 1.82) is 0 Å². The molecule has 1 N–H and O–H groups in total. The van der Waals surface area contributed by atoms with Crippen LogP contribution in [0.3, 0.4) is 0 Å². The number of amides is 3. The van der Waals surface area contributed by atoms with Crippen LogP contribution in [0.1, 0.15) is 41.5 Å². The summed E-state index contributed by atoms with van der Waals surface area (Å²) >= 11 is 0. The van der Waals surface area contributed by atoms with Crippen LogP contribution in [0.15, 0.2) is 42.5 Å². The Morgan fingerprint density at radius 1 is 1.14 bits per heavy atom. The Labute approximate surface area is 205 Å². The molecule has 0 aliphatic carbocycles. The van der Waals surface area contributed by atoms with E-state index in [0.717, 1.165) is 0 Å². The fraction of sp³-hybridized carbons (Fsp3) is 0.423. The second-order valence-electron chi connectivity index (χ2n) is 8.91. The maximum absolute atomic E-state index is 14.0. The summed E-state index contributed by atoms with van der Waals surface area (Å²) in [5, 5.41) is 2.65. The van der Waals surface area contributed by atoms with Crippen LogP contribution in [-0.2, 0) is 9.53 Å². The number of hydrogen-bond donors (Lipinski definition) is 1. The van der Waals surface area contributed by atoms with Gasteiger partial charge in [0.05, 0.1) is 23.3 Å². The summed E-state index contributed by atoms with van der Waals surface area (Å²) in [6, 6.07) is 10.1. The Balaban J connectivity index is 1.95. The first-order valence-corrected chi connectivity index (χ1v) is 11.5. The predicted molar refractivity (Wildman–Crippen MR) is 130 cm³/mol. The van der Waals surface area contributed by atoms with Crippen LogP contribution < -0.4 is 10.1 Å². The highest BCUT2D eigenvalue weighted by atomic mass is 19.1. The standard InChI is InChI=1S/C26H32FN3O5/c1-16-13-30(18(3)31)17(2)15-35-23-11-10-19(28-25(32)20-8-6-7-9-22(20)27)12-21(23)26(33)29(4)14-24(16)34-5/h6-12,16-17,24H,13-15H2,1-5H3,(H,28,32)/t16-,17+,24-/m1/s1. The van der Waals surface area contributed by atoms with Crippen molar-refractivity contribution >= 4 is 23.4 Å². The average molecular weight is 486 g/mol. The van der Waals surface area contributed by atoms with E-state index >= 15 is 0 Å². The Bertz CT molecular complexity index is 1090. The van der Waals surface area contributed by atoms with Crippen molar-refractivity contribution < 1.29 is 28.2 Å². The number of hydrogen-bond acceptors (Lipinski definition) is 5. The molecule has 0 unspecified atom stereocenters. The first kappa shape index (κ1) is 26.2. The van der Waals surface area contributed by atoms with Gasteiger partial charge in [-0.15, -0.1) is 0 Å². The van der Waals surface area contributed by atoms with Crippen molar-refractivity contribution in [2.75, 3.05) is 39.2 Å². The number of ether oxygens (including phenoxy) is 2. The summed E-state index contributed by atoms with van der Waals surface area (Å²) in [7, 11) is 3.24. The number of anilines is 1. The van der Waals surface area contributed by atoms with E-state index in [9.17, 15) is 18.8 Å². The van der Waals surface area contributed by atoms with Crippen molar-refractivity contribution in [2.24, 2.45) is 5.92 Å². The Hall–Kier alpha value is -3.46. The van der Waals surface area contributed by atoms with E-state index in [4.69, 9.17) is 9.47 Å². The molecule has 0 aromatic heterocycles. The minimum atomic E-state index is -0.640. The van der Waals surface area contributed by atoms with Crippen molar-refractivity contribution in [2.45, 2.75) is 32.9 Å². The van der Waals surface area contributed by atoms with Gasteiger partial charge >= 0.3 is 0 Å². The van der Waals surface area contributed by atoms with Gasteiger partial charge < -0.3 is 24.6 Å². The molecule has 1 aliphatic rings. The van der Waals surface area contributed by atoms with E-state index < -0.39 is 11.7 Å². The van der Waals surface area contributed by atoms with Crippen LogP contribution in [0.4, 0.5) is 10.1 Å².